The van der Waals surface area contributed by atoms with Gasteiger partial charge in [-0.25, -0.2) is 9.78 Å². The van der Waals surface area contributed by atoms with Crippen LogP contribution in [-0.2, 0) is 22.6 Å². The van der Waals surface area contributed by atoms with Crippen molar-refractivity contribution in [3.05, 3.63) is 56.2 Å². The number of nitrogens with two attached hydrogens (primary N) is 1. The number of amides is 2. The van der Waals surface area contributed by atoms with Crippen molar-refractivity contribution in [2.75, 3.05) is 5.32 Å². The maximum Gasteiger partial charge on any atom is 0.329 e. The molecule has 0 atom stereocenters. The lowest BCUT2D eigenvalue weighted by molar-refractivity contribution is -0.117. The molecule has 2 amide bonds. The number of nitrogens with zero attached hydrogens (tertiary/aromatic N) is 2. The molecule has 0 aliphatic carbocycles. The Morgan fingerprint density at radius 1 is 1.28 bits per heavy atom. The van der Waals surface area contributed by atoms with Gasteiger partial charge in [-0.2, -0.15) is 0 Å². The number of nitrogens with one attached hydrogen (secondary N) is 2. The van der Waals surface area contributed by atoms with Crippen molar-refractivity contribution >= 4 is 39.2 Å². The van der Waals surface area contributed by atoms with Gasteiger partial charge in [-0.1, -0.05) is 12.1 Å². The van der Waals surface area contributed by atoms with E-state index in [4.69, 9.17) is 5.73 Å². The Balaban J connectivity index is 1.80. The Hall–Kier alpha value is -3.27. The molecule has 0 aliphatic heterocycles. The summed E-state index contributed by atoms with van der Waals surface area (Å²) in [7, 11) is 0. The highest BCUT2D eigenvalue weighted by Gasteiger charge is 2.13. The van der Waals surface area contributed by atoms with Crippen molar-refractivity contribution in [1.82, 2.24) is 14.5 Å². The smallest absolute Gasteiger partial charge is 0.329 e. The zero-order valence-electron chi connectivity index (χ0n) is 12.8. The lowest BCUT2D eigenvalue weighted by atomic mass is 10.2. The molecule has 0 saturated heterocycles. The Labute approximate surface area is 144 Å². The first-order chi connectivity index (χ1) is 11.9. The van der Waals surface area contributed by atoms with Crippen molar-refractivity contribution in [1.29, 1.82) is 0 Å². The maximum absolute atomic E-state index is 12.4. The van der Waals surface area contributed by atoms with Crippen LogP contribution < -0.4 is 22.3 Å². The van der Waals surface area contributed by atoms with Crippen molar-refractivity contribution in [2.45, 2.75) is 13.0 Å². The Bertz CT molecular complexity index is 1080. The number of carbonyl (C=O) groups excluding carboxylic acids is 2. The zero-order chi connectivity index (χ0) is 18.0. The van der Waals surface area contributed by atoms with Crippen LogP contribution in [0.2, 0.25) is 0 Å². The van der Waals surface area contributed by atoms with Gasteiger partial charge in [0.1, 0.15) is 6.54 Å². The molecule has 3 aromatic rings. The van der Waals surface area contributed by atoms with Gasteiger partial charge >= 0.3 is 5.69 Å². The van der Waals surface area contributed by atoms with Crippen LogP contribution in [0.3, 0.4) is 0 Å². The second-order valence-corrected chi connectivity index (χ2v) is 6.06. The molecule has 128 valence electrons. The molecule has 9 nitrogen and oxygen atoms in total. The lowest BCUT2D eigenvalue weighted by Gasteiger charge is -2.06. The van der Waals surface area contributed by atoms with E-state index in [-0.39, 0.29) is 11.6 Å². The molecular weight excluding hydrogens is 346 g/mol. The van der Waals surface area contributed by atoms with Crippen LogP contribution in [-0.4, -0.2) is 26.3 Å². The summed E-state index contributed by atoms with van der Waals surface area (Å²) in [6.45, 7) is -0.455. The molecule has 25 heavy (non-hydrogen) atoms. The molecule has 0 radical (unpaired) electrons. The highest BCUT2D eigenvalue weighted by Crippen LogP contribution is 2.15. The summed E-state index contributed by atoms with van der Waals surface area (Å²) in [5, 5.41) is 4.65. The van der Waals surface area contributed by atoms with Gasteiger partial charge in [-0.05, 0) is 12.1 Å². The van der Waals surface area contributed by atoms with Crippen LogP contribution in [0, 0.1) is 0 Å². The Kier molecular flexibility index (Phi) is 4.44. The molecule has 0 saturated carbocycles. The van der Waals surface area contributed by atoms with E-state index < -0.39 is 29.6 Å². The first-order valence-electron chi connectivity index (χ1n) is 7.18. The van der Waals surface area contributed by atoms with Crippen molar-refractivity contribution < 1.29 is 9.59 Å². The standard InChI is InChI=1S/C15H13N5O4S/c16-11(21)5-8-7-25-14(17-8)19-12(22)6-20-13(23)9-3-1-2-4-10(9)18-15(20)24/h1-4,7H,5-6H2,(H2,16,21)(H,18,24)(H,17,19,22). The second kappa shape index (κ2) is 6.69. The first-order valence-corrected chi connectivity index (χ1v) is 8.06. The van der Waals surface area contributed by atoms with Crippen LogP contribution in [0.15, 0.2) is 39.2 Å². The molecule has 0 spiro atoms. The zero-order valence-corrected chi connectivity index (χ0v) is 13.6. The highest BCUT2D eigenvalue weighted by molar-refractivity contribution is 7.13. The predicted molar refractivity (Wildman–Crippen MR) is 92.5 cm³/mol. The van der Waals surface area contributed by atoms with E-state index in [1.54, 1.807) is 29.6 Å². The van der Waals surface area contributed by atoms with Gasteiger partial charge in [0.25, 0.3) is 5.56 Å². The number of carbonyl (C=O) groups is 2. The molecule has 1 aromatic carbocycles. The van der Waals surface area contributed by atoms with E-state index in [2.05, 4.69) is 15.3 Å². The van der Waals surface area contributed by atoms with Crippen molar-refractivity contribution in [3.63, 3.8) is 0 Å². The first kappa shape index (κ1) is 16.6. The number of rotatable bonds is 5. The summed E-state index contributed by atoms with van der Waals surface area (Å²) in [6, 6.07) is 6.54. The van der Waals surface area contributed by atoms with E-state index in [1.807, 2.05) is 0 Å². The average molecular weight is 359 g/mol. The summed E-state index contributed by atoms with van der Waals surface area (Å²) in [5.41, 5.74) is 4.70. The third-order valence-corrected chi connectivity index (χ3v) is 4.15. The summed E-state index contributed by atoms with van der Waals surface area (Å²) in [4.78, 5) is 53.9. The van der Waals surface area contributed by atoms with Crippen molar-refractivity contribution in [2.24, 2.45) is 5.73 Å². The number of aromatic amines is 1. The van der Waals surface area contributed by atoms with Gasteiger partial charge < -0.3 is 16.0 Å². The fourth-order valence-electron chi connectivity index (χ4n) is 2.27. The number of fused-ring (bicyclic) bond motifs is 1. The summed E-state index contributed by atoms with van der Waals surface area (Å²) in [6.07, 6.45) is -0.0316. The van der Waals surface area contributed by atoms with Gasteiger partial charge in [0.15, 0.2) is 5.13 Å². The van der Waals surface area contributed by atoms with E-state index in [1.165, 1.54) is 0 Å². The van der Waals surface area contributed by atoms with E-state index in [0.717, 1.165) is 15.9 Å². The number of benzene rings is 1. The SMILES string of the molecule is NC(=O)Cc1csc(NC(=O)Cn2c(=O)[nH]c3ccccc3c2=O)n1. The molecular formula is C15H13N5O4S. The van der Waals surface area contributed by atoms with Crippen LogP contribution in [0.25, 0.3) is 10.9 Å². The van der Waals surface area contributed by atoms with Gasteiger partial charge in [0.2, 0.25) is 11.8 Å². The quantitative estimate of drug-likeness (QED) is 0.579. The van der Waals surface area contributed by atoms with E-state index >= 15 is 0 Å². The summed E-state index contributed by atoms with van der Waals surface area (Å²) >= 11 is 1.12. The molecule has 3 rings (SSSR count). The third kappa shape index (κ3) is 3.63. The number of aromatic nitrogens is 3. The third-order valence-electron chi connectivity index (χ3n) is 3.34. The number of primary amides is 1. The fourth-order valence-corrected chi connectivity index (χ4v) is 3.00. The minimum absolute atomic E-state index is 0.0316. The van der Waals surface area contributed by atoms with Gasteiger partial charge in [0, 0.05) is 5.38 Å². The molecule has 4 N–H and O–H groups in total. The number of hydrogen-bond donors (Lipinski definition) is 3. The molecule has 10 heteroatoms. The Morgan fingerprint density at radius 2 is 2.04 bits per heavy atom. The number of anilines is 1. The number of hydrogen-bond acceptors (Lipinski definition) is 6. The van der Waals surface area contributed by atoms with E-state index in [0.29, 0.717) is 16.6 Å². The second-order valence-electron chi connectivity index (χ2n) is 5.20. The van der Waals surface area contributed by atoms with Crippen LogP contribution in [0.1, 0.15) is 5.69 Å². The molecule has 2 heterocycles. The monoisotopic (exact) mass is 359 g/mol. The van der Waals surface area contributed by atoms with Crippen LogP contribution in [0.5, 0.6) is 0 Å². The van der Waals surface area contributed by atoms with Crippen LogP contribution >= 0.6 is 11.3 Å². The topological polar surface area (TPSA) is 140 Å². The van der Waals surface area contributed by atoms with Gasteiger partial charge in [-0.3, -0.25) is 19.0 Å². The Morgan fingerprint density at radius 3 is 2.80 bits per heavy atom. The lowest BCUT2D eigenvalue weighted by Crippen LogP contribution is -2.38. The summed E-state index contributed by atoms with van der Waals surface area (Å²) < 4.78 is 0.815. The number of para-hydroxylation sites is 1. The predicted octanol–water partition coefficient (Wildman–Crippen LogP) is -0.187. The van der Waals surface area contributed by atoms with E-state index in [9.17, 15) is 19.2 Å². The van der Waals surface area contributed by atoms with Crippen molar-refractivity contribution in [3.8, 4) is 0 Å². The minimum atomic E-state index is -0.674. The maximum atomic E-state index is 12.4. The van der Waals surface area contributed by atoms with Gasteiger partial charge in [0.05, 0.1) is 23.0 Å². The number of thiazole rings is 1. The molecule has 0 aliphatic rings. The van der Waals surface area contributed by atoms with Crippen LogP contribution in [0.4, 0.5) is 5.13 Å². The summed E-state index contributed by atoms with van der Waals surface area (Å²) in [5.74, 6) is -1.11. The molecule has 0 bridgehead atoms. The minimum Gasteiger partial charge on any atom is -0.369 e. The number of H-pyrrole nitrogens is 1. The average Bonchev–Trinajstić information content (AvgIpc) is 2.97. The highest BCUT2D eigenvalue weighted by atomic mass is 32.1. The fraction of sp³-hybridized carbons (Fsp3) is 0.133. The molecule has 2 aromatic heterocycles. The normalized spacial score (nSPS) is 10.7. The largest absolute Gasteiger partial charge is 0.369 e. The van der Waals surface area contributed by atoms with Gasteiger partial charge in [-0.15, -0.1) is 11.3 Å². The molecule has 0 fully saturated rings. The molecule has 0 unspecified atom stereocenters.